The van der Waals surface area contributed by atoms with Crippen LogP contribution in [0.1, 0.15) is 28.8 Å². The largest absolute Gasteiger partial charge is 0.366 e. The molecule has 6 heteroatoms. The third-order valence-corrected chi connectivity index (χ3v) is 3.12. The lowest BCUT2D eigenvalue weighted by molar-refractivity contribution is -0.127. The Hall–Kier alpha value is -2.37. The maximum Gasteiger partial charge on any atom is 0.248 e. The van der Waals surface area contributed by atoms with Crippen LogP contribution in [0, 0.1) is 6.42 Å². The van der Waals surface area contributed by atoms with E-state index in [-0.39, 0.29) is 18.2 Å². The van der Waals surface area contributed by atoms with Crippen LogP contribution in [0.3, 0.4) is 0 Å². The molecule has 6 nitrogen and oxygen atoms in total. The number of nitrogens with one attached hydrogen (secondary N) is 2. The summed E-state index contributed by atoms with van der Waals surface area (Å²) < 4.78 is 0. The number of hydrogen-bond acceptors (Lipinski definition) is 3. The number of carbonyl (C=O) groups is 3. The van der Waals surface area contributed by atoms with Gasteiger partial charge in [-0.3, -0.25) is 14.4 Å². The van der Waals surface area contributed by atoms with E-state index in [1.165, 1.54) is 0 Å². The Morgan fingerprint density at radius 3 is 2.80 bits per heavy atom. The van der Waals surface area contributed by atoms with Crippen molar-refractivity contribution in [3.05, 3.63) is 41.8 Å². The number of benzene rings is 1. The van der Waals surface area contributed by atoms with Gasteiger partial charge >= 0.3 is 0 Å². The molecule has 3 amide bonds. The average molecular weight is 274 g/mol. The summed E-state index contributed by atoms with van der Waals surface area (Å²) in [6.45, 7) is 0.581. The number of primary amides is 1. The molecular weight excluding hydrogens is 258 g/mol. The van der Waals surface area contributed by atoms with Crippen molar-refractivity contribution in [2.24, 2.45) is 5.73 Å². The van der Waals surface area contributed by atoms with E-state index in [0.29, 0.717) is 24.1 Å². The van der Waals surface area contributed by atoms with E-state index in [1.807, 2.05) is 0 Å². The van der Waals surface area contributed by atoms with E-state index in [0.717, 1.165) is 0 Å². The van der Waals surface area contributed by atoms with Crippen LogP contribution in [0.25, 0.3) is 0 Å². The molecule has 20 heavy (non-hydrogen) atoms. The topological polar surface area (TPSA) is 101 Å². The molecular formula is C14H16N3O3. The van der Waals surface area contributed by atoms with Crippen LogP contribution in [0.2, 0.25) is 0 Å². The second-order valence-electron chi connectivity index (χ2n) is 4.56. The highest BCUT2D eigenvalue weighted by atomic mass is 16.2. The zero-order chi connectivity index (χ0) is 14.5. The molecule has 2 rings (SSSR count). The lowest BCUT2D eigenvalue weighted by atomic mass is 10.0. The highest BCUT2D eigenvalue weighted by Gasteiger charge is 2.25. The van der Waals surface area contributed by atoms with Gasteiger partial charge in [-0.15, -0.1) is 0 Å². The minimum absolute atomic E-state index is 0.0913. The van der Waals surface area contributed by atoms with Gasteiger partial charge in [0.2, 0.25) is 17.7 Å². The van der Waals surface area contributed by atoms with E-state index in [1.54, 1.807) is 30.7 Å². The smallest absolute Gasteiger partial charge is 0.248 e. The summed E-state index contributed by atoms with van der Waals surface area (Å²) in [6.07, 6.45) is 2.32. The molecule has 1 radical (unpaired) electrons. The van der Waals surface area contributed by atoms with Crippen molar-refractivity contribution in [2.45, 2.75) is 18.9 Å². The number of amides is 3. The fourth-order valence-corrected chi connectivity index (χ4v) is 2.09. The van der Waals surface area contributed by atoms with Crippen molar-refractivity contribution in [3.8, 4) is 0 Å². The Morgan fingerprint density at radius 2 is 2.15 bits per heavy atom. The first-order valence-electron chi connectivity index (χ1n) is 6.37. The maximum absolute atomic E-state index is 11.8. The fraction of sp³-hybridized carbons (Fsp3) is 0.286. The Morgan fingerprint density at radius 1 is 1.40 bits per heavy atom. The molecule has 0 unspecified atom stereocenters. The number of carbonyl (C=O) groups excluding carboxylic acids is 3. The first-order valence-corrected chi connectivity index (χ1v) is 6.37. The van der Waals surface area contributed by atoms with Crippen LogP contribution in [0.15, 0.2) is 24.3 Å². The fourth-order valence-electron chi connectivity index (χ4n) is 2.09. The first-order chi connectivity index (χ1) is 9.58. The average Bonchev–Trinajstić information content (AvgIpc) is 2.82. The molecule has 1 aromatic rings. The van der Waals surface area contributed by atoms with Gasteiger partial charge in [0.1, 0.15) is 6.04 Å². The van der Waals surface area contributed by atoms with Crippen LogP contribution in [0.4, 0.5) is 0 Å². The maximum atomic E-state index is 11.8. The summed E-state index contributed by atoms with van der Waals surface area (Å²) >= 11 is 0. The molecule has 0 spiro atoms. The molecule has 0 aliphatic carbocycles. The van der Waals surface area contributed by atoms with E-state index < -0.39 is 11.9 Å². The summed E-state index contributed by atoms with van der Waals surface area (Å²) in [4.78, 5) is 34.3. The second kappa shape index (κ2) is 6.18. The van der Waals surface area contributed by atoms with Gasteiger partial charge in [0.05, 0.1) is 0 Å². The Bertz CT molecular complexity index is 542. The van der Waals surface area contributed by atoms with Gasteiger partial charge in [-0.05, 0) is 18.1 Å². The summed E-state index contributed by atoms with van der Waals surface area (Å²) in [5.41, 5.74) is 6.25. The molecule has 1 fully saturated rings. The standard InChI is InChI=1S/C14H16N3O3/c15-13(19)10-4-2-1-3-9(10)5-6-12(18)17-11-7-8-16-14(11)20/h1-5,11H,6-8H2,(H2,15,19)(H,16,20)(H,17,18)/t11-/m0/s1. The van der Waals surface area contributed by atoms with Gasteiger partial charge in [0.15, 0.2) is 0 Å². The van der Waals surface area contributed by atoms with Crippen molar-refractivity contribution in [3.63, 3.8) is 0 Å². The van der Waals surface area contributed by atoms with Gasteiger partial charge in [-0.1, -0.05) is 18.2 Å². The molecule has 0 aromatic heterocycles. The van der Waals surface area contributed by atoms with Crippen LogP contribution in [0.5, 0.6) is 0 Å². The molecule has 1 saturated heterocycles. The molecule has 1 aliphatic heterocycles. The highest BCUT2D eigenvalue weighted by Crippen LogP contribution is 2.12. The van der Waals surface area contributed by atoms with Crippen molar-refractivity contribution in [1.82, 2.24) is 10.6 Å². The van der Waals surface area contributed by atoms with E-state index in [4.69, 9.17) is 5.73 Å². The normalized spacial score (nSPS) is 17.6. The molecule has 0 bridgehead atoms. The molecule has 1 aromatic carbocycles. The van der Waals surface area contributed by atoms with E-state index in [9.17, 15) is 14.4 Å². The zero-order valence-electron chi connectivity index (χ0n) is 10.9. The van der Waals surface area contributed by atoms with Crippen molar-refractivity contribution in [1.29, 1.82) is 0 Å². The van der Waals surface area contributed by atoms with E-state index in [2.05, 4.69) is 10.6 Å². The minimum Gasteiger partial charge on any atom is -0.366 e. The van der Waals surface area contributed by atoms with Gasteiger partial charge in [-0.25, -0.2) is 0 Å². The van der Waals surface area contributed by atoms with Crippen molar-refractivity contribution < 1.29 is 14.4 Å². The second-order valence-corrected chi connectivity index (χ2v) is 4.56. The lowest BCUT2D eigenvalue weighted by Crippen LogP contribution is -2.40. The van der Waals surface area contributed by atoms with Crippen molar-refractivity contribution >= 4 is 17.7 Å². The van der Waals surface area contributed by atoms with E-state index >= 15 is 0 Å². The molecule has 1 atom stereocenters. The predicted molar refractivity (Wildman–Crippen MR) is 72.5 cm³/mol. The number of hydrogen-bond donors (Lipinski definition) is 3. The third kappa shape index (κ3) is 3.34. The summed E-state index contributed by atoms with van der Waals surface area (Å²) in [5.74, 6) is -0.949. The Labute approximate surface area is 116 Å². The van der Waals surface area contributed by atoms with Gasteiger partial charge < -0.3 is 16.4 Å². The summed E-state index contributed by atoms with van der Waals surface area (Å²) in [6, 6.07) is 6.34. The molecule has 4 N–H and O–H groups in total. The van der Waals surface area contributed by atoms with Gasteiger partial charge in [0, 0.05) is 24.9 Å². The first kappa shape index (κ1) is 14.0. The van der Waals surface area contributed by atoms with Crippen LogP contribution >= 0.6 is 0 Å². The monoisotopic (exact) mass is 274 g/mol. The van der Waals surface area contributed by atoms with Crippen molar-refractivity contribution in [2.75, 3.05) is 6.54 Å². The predicted octanol–water partition coefficient (Wildman–Crippen LogP) is -0.267. The Kier molecular flexibility index (Phi) is 4.34. The summed E-state index contributed by atoms with van der Waals surface area (Å²) in [7, 11) is 0. The summed E-state index contributed by atoms with van der Waals surface area (Å²) in [5, 5.41) is 5.30. The Balaban J connectivity index is 1.90. The lowest BCUT2D eigenvalue weighted by Gasteiger charge is -2.10. The molecule has 1 aliphatic rings. The molecule has 1 heterocycles. The third-order valence-electron chi connectivity index (χ3n) is 3.12. The zero-order valence-corrected chi connectivity index (χ0v) is 10.9. The quantitative estimate of drug-likeness (QED) is 0.689. The van der Waals surface area contributed by atoms with Gasteiger partial charge in [-0.2, -0.15) is 0 Å². The molecule has 0 saturated carbocycles. The van der Waals surface area contributed by atoms with Crippen LogP contribution in [-0.4, -0.2) is 30.3 Å². The van der Waals surface area contributed by atoms with Gasteiger partial charge in [0.25, 0.3) is 0 Å². The molecule has 105 valence electrons. The number of rotatable bonds is 5. The van der Waals surface area contributed by atoms with Crippen LogP contribution < -0.4 is 16.4 Å². The highest BCUT2D eigenvalue weighted by molar-refractivity contribution is 5.95. The minimum atomic E-state index is -0.535. The SMILES string of the molecule is NC(=O)c1ccccc1[CH]CC(=O)N[C@H]1CCNC1=O. The van der Waals surface area contributed by atoms with Crippen LogP contribution in [-0.2, 0) is 9.59 Å². The number of nitrogens with two attached hydrogens (primary N) is 1.